The first-order valence-corrected chi connectivity index (χ1v) is 8.05. The van der Waals surface area contributed by atoms with Crippen LogP contribution < -0.4 is 24.3 Å². The number of carbonyl (C=O) groups is 1. The molecule has 0 unspecified atom stereocenters. The third kappa shape index (κ3) is 3.47. The molecule has 1 heterocycles. The second-order valence-corrected chi connectivity index (χ2v) is 5.64. The average Bonchev–Trinajstić information content (AvgIpc) is 2.66. The lowest BCUT2D eigenvalue weighted by atomic mass is 10.1. The van der Waals surface area contributed by atoms with Crippen molar-refractivity contribution in [3.63, 3.8) is 0 Å². The number of amides is 1. The van der Waals surface area contributed by atoms with Crippen molar-refractivity contribution in [3.8, 4) is 23.0 Å². The number of ether oxygens (including phenoxy) is 4. The maximum Gasteiger partial charge on any atom is 0.252 e. The molecule has 0 saturated carbocycles. The van der Waals surface area contributed by atoms with Gasteiger partial charge in [-0.25, -0.2) is 0 Å². The fourth-order valence-corrected chi connectivity index (χ4v) is 2.79. The lowest BCUT2D eigenvalue weighted by Crippen LogP contribution is -2.27. The molecule has 6 heteroatoms. The van der Waals surface area contributed by atoms with Crippen molar-refractivity contribution in [2.24, 2.45) is 0 Å². The number of methoxy groups -OCH3 is 2. The maximum absolute atomic E-state index is 12.7. The van der Waals surface area contributed by atoms with Crippen LogP contribution in [0.2, 0.25) is 0 Å². The van der Waals surface area contributed by atoms with E-state index in [1.54, 1.807) is 19.2 Å². The van der Waals surface area contributed by atoms with E-state index in [2.05, 4.69) is 5.32 Å². The molecule has 1 amide bonds. The lowest BCUT2D eigenvalue weighted by Gasteiger charge is -2.22. The van der Waals surface area contributed by atoms with Crippen molar-refractivity contribution >= 4 is 5.91 Å². The van der Waals surface area contributed by atoms with Crippen LogP contribution in [0.25, 0.3) is 0 Å². The number of fused-ring (bicyclic) bond motifs is 1. The van der Waals surface area contributed by atoms with Gasteiger partial charge in [-0.3, -0.25) is 4.79 Å². The molecular weight excluding hydrogens is 322 g/mol. The minimum atomic E-state index is -0.228. The molecule has 1 aliphatic heterocycles. The summed E-state index contributed by atoms with van der Waals surface area (Å²) in [6.45, 7) is 2.81. The van der Waals surface area contributed by atoms with Crippen molar-refractivity contribution in [1.82, 2.24) is 5.32 Å². The highest BCUT2D eigenvalue weighted by molar-refractivity contribution is 5.96. The minimum Gasteiger partial charge on any atom is -0.496 e. The fourth-order valence-electron chi connectivity index (χ4n) is 2.79. The van der Waals surface area contributed by atoms with Crippen molar-refractivity contribution in [1.29, 1.82) is 0 Å². The first-order valence-electron chi connectivity index (χ1n) is 8.05. The molecule has 1 aliphatic rings. The predicted octanol–water partition coefficient (Wildman–Crippen LogP) is 2.97. The summed E-state index contributed by atoms with van der Waals surface area (Å²) in [5.41, 5.74) is 1.35. The molecule has 2 aromatic rings. The lowest BCUT2D eigenvalue weighted by molar-refractivity contribution is 0.0937. The molecule has 1 N–H and O–H groups in total. The third-order valence-corrected chi connectivity index (χ3v) is 4.04. The quantitative estimate of drug-likeness (QED) is 0.904. The van der Waals surface area contributed by atoms with E-state index >= 15 is 0 Å². The van der Waals surface area contributed by atoms with Crippen molar-refractivity contribution in [2.45, 2.75) is 13.0 Å². The van der Waals surface area contributed by atoms with Crippen molar-refractivity contribution in [3.05, 3.63) is 47.5 Å². The van der Waals surface area contributed by atoms with Gasteiger partial charge in [0.2, 0.25) is 5.75 Å². The topological polar surface area (TPSA) is 66.0 Å². The van der Waals surface area contributed by atoms with Gasteiger partial charge < -0.3 is 24.3 Å². The normalized spacial score (nSPS) is 13.7. The Morgan fingerprint density at radius 3 is 2.56 bits per heavy atom. The number of hydrogen-bond acceptors (Lipinski definition) is 5. The highest BCUT2D eigenvalue weighted by Crippen LogP contribution is 2.40. The molecule has 0 aliphatic carbocycles. The molecular formula is C19H21NO5. The molecule has 0 bridgehead atoms. The molecule has 2 aromatic carbocycles. The Morgan fingerprint density at radius 1 is 1.08 bits per heavy atom. The summed E-state index contributed by atoms with van der Waals surface area (Å²) in [6.07, 6.45) is 0. The average molecular weight is 343 g/mol. The second-order valence-electron chi connectivity index (χ2n) is 5.64. The van der Waals surface area contributed by atoms with E-state index in [-0.39, 0.29) is 11.9 Å². The summed E-state index contributed by atoms with van der Waals surface area (Å²) >= 11 is 0. The number of carbonyl (C=O) groups excluding carboxylic acids is 1. The Morgan fingerprint density at radius 2 is 1.80 bits per heavy atom. The van der Waals surface area contributed by atoms with Crippen LogP contribution in [-0.2, 0) is 0 Å². The Kier molecular flexibility index (Phi) is 4.97. The Labute approximate surface area is 146 Å². The van der Waals surface area contributed by atoms with E-state index < -0.39 is 0 Å². The van der Waals surface area contributed by atoms with Crippen LogP contribution in [0.4, 0.5) is 0 Å². The van der Waals surface area contributed by atoms with E-state index in [0.717, 1.165) is 11.3 Å². The van der Waals surface area contributed by atoms with Crippen molar-refractivity contribution < 1.29 is 23.7 Å². The number of benzene rings is 2. The summed E-state index contributed by atoms with van der Waals surface area (Å²) < 4.78 is 21.8. The third-order valence-electron chi connectivity index (χ3n) is 4.04. The van der Waals surface area contributed by atoms with Gasteiger partial charge in [0, 0.05) is 11.1 Å². The highest BCUT2D eigenvalue weighted by Gasteiger charge is 2.22. The van der Waals surface area contributed by atoms with E-state index in [1.807, 2.05) is 31.2 Å². The van der Waals surface area contributed by atoms with Gasteiger partial charge in [-0.05, 0) is 25.1 Å². The highest BCUT2D eigenvalue weighted by atomic mass is 16.6. The largest absolute Gasteiger partial charge is 0.496 e. The number of para-hydroxylation sites is 1. The summed E-state index contributed by atoms with van der Waals surface area (Å²) in [4.78, 5) is 12.7. The molecule has 6 nitrogen and oxygen atoms in total. The van der Waals surface area contributed by atoms with Gasteiger partial charge in [-0.1, -0.05) is 18.2 Å². The molecule has 132 valence electrons. The van der Waals surface area contributed by atoms with Crippen LogP contribution in [0.5, 0.6) is 23.0 Å². The first-order chi connectivity index (χ1) is 12.1. The number of nitrogens with one attached hydrogen (secondary N) is 1. The molecule has 0 aromatic heterocycles. The second kappa shape index (κ2) is 7.34. The van der Waals surface area contributed by atoms with Gasteiger partial charge in [0.05, 0.1) is 20.3 Å². The van der Waals surface area contributed by atoms with Gasteiger partial charge in [0.1, 0.15) is 19.0 Å². The molecule has 0 spiro atoms. The number of hydrogen-bond donors (Lipinski definition) is 1. The van der Waals surface area contributed by atoms with Crippen LogP contribution in [0, 0.1) is 0 Å². The number of rotatable bonds is 5. The Bertz CT molecular complexity index is 757. The molecule has 0 radical (unpaired) electrons. The standard InChI is InChI=1S/C19H21NO5/c1-12(14-6-4-5-7-15(14)22-2)20-19(21)13-10-16(23-3)18-17(11-13)24-8-9-25-18/h4-7,10-12H,8-9H2,1-3H3,(H,20,21)/t12-/m1/s1. The van der Waals surface area contributed by atoms with E-state index in [4.69, 9.17) is 18.9 Å². The zero-order chi connectivity index (χ0) is 17.8. The van der Waals surface area contributed by atoms with E-state index in [0.29, 0.717) is 36.0 Å². The SMILES string of the molecule is COc1ccccc1[C@@H](C)NC(=O)c1cc(OC)c2c(c1)OCCO2. The summed E-state index contributed by atoms with van der Waals surface area (Å²) in [5, 5.41) is 2.97. The van der Waals surface area contributed by atoms with E-state index in [9.17, 15) is 4.79 Å². The molecule has 1 atom stereocenters. The van der Waals surface area contributed by atoms with Gasteiger partial charge in [0.15, 0.2) is 11.5 Å². The zero-order valence-corrected chi connectivity index (χ0v) is 14.5. The van der Waals surface area contributed by atoms with Gasteiger partial charge in [-0.2, -0.15) is 0 Å². The minimum absolute atomic E-state index is 0.220. The maximum atomic E-state index is 12.7. The van der Waals surface area contributed by atoms with Crippen LogP contribution in [0.3, 0.4) is 0 Å². The van der Waals surface area contributed by atoms with Crippen LogP contribution in [-0.4, -0.2) is 33.3 Å². The zero-order valence-electron chi connectivity index (χ0n) is 14.5. The Balaban J connectivity index is 1.83. The smallest absolute Gasteiger partial charge is 0.252 e. The molecule has 0 saturated heterocycles. The van der Waals surface area contributed by atoms with E-state index in [1.165, 1.54) is 7.11 Å². The Hall–Kier alpha value is -2.89. The summed E-state index contributed by atoms with van der Waals surface area (Å²) in [6, 6.07) is 10.7. The van der Waals surface area contributed by atoms with Crippen LogP contribution in [0.15, 0.2) is 36.4 Å². The van der Waals surface area contributed by atoms with Gasteiger partial charge >= 0.3 is 0 Å². The predicted molar refractivity (Wildman–Crippen MR) is 92.9 cm³/mol. The monoisotopic (exact) mass is 343 g/mol. The van der Waals surface area contributed by atoms with Gasteiger partial charge in [-0.15, -0.1) is 0 Å². The van der Waals surface area contributed by atoms with Crippen LogP contribution >= 0.6 is 0 Å². The fraction of sp³-hybridized carbons (Fsp3) is 0.316. The summed E-state index contributed by atoms with van der Waals surface area (Å²) in [7, 11) is 3.14. The first kappa shape index (κ1) is 17.0. The molecule has 3 rings (SSSR count). The molecule has 0 fully saturated rings. The van der Waals surface area contributed by atoms with Crippen molar-refractivity contribution in [2.75, 3.05) is 27.4 Å². The molecule has 25 heavy (non-hydrogen) atoms. The van der Waals surface area contributed by atoms with Gasteiger partial charge in [0.25, 0.3) is 5.91 Å². The van der Waals surface area contributed by atoms with Crippen LogP contribution in [0.1, 0.15) is 28.9 Å². The summed E-state index contributed by atoms with van der Waals surface area (Å²) in [5.74, 6) is 2.03.